The van der Waals surface area contributed by atoms with Crippen molar-refractivity contribution in [2.45, 2.75) is 50.4 Å². The van der Waals surface area contributed by atoms with Crippen molar-refractivity contribution in [3.8, 4) is 11.4 Å². The monoisotopic (exact) mass is 654 g/mol. The molecule has 11 heteroatoms. The molecule has 0 unspecified atom stereocenters. The molecule has 0 radical (unpaired) electrons. The van der Waals surface area contributed by atoms with Gasteiger partial charge in [-0.2, -0.15) is 10.2 Å². The minimum atomic E-state index is -0.686. The van der Waals surface area contributed by atoms with Gasteiger partial charge < -0.3 is 16.2 Å². The highest BCUT2D eigenvalue weighted by atomic mass is 16.4. The number of pyridine rings is 2. The zero-order valence-corrected chi connectivity index (χ0v) is 27.4. The molecular formula is C38H38N8O3. The Morgan fingerprint density at radius 1 is 0.673 bits per heavy atom. The Kier molecular flexibility index (Phi) is 9.34. The van der Waals surface area contributed by atoms with E-state index in [4.69, 9.17) is 10.8 Å². The van der Waals surface area contributed by atoms with Crippen molar-refractivity contribution in [3.63, 3.8) is 0 Å². The number of aromatic nitrogens is 6. The first-order chi connectivity index (χ1) is 23.7. The zero-order chi connectivity index (χ0) is 34.4. The van der Waals surface area contributed by atoms with Gasteiger partial charge in [-0.1, -0.05) is 60.7 Å². The third-order valence-electron chi connectivity index (χ3n) is 8.76. The molecule has 2 aliphatic rings. The van der Waals surface area contributed by atoms with Gasteiger partial charge in [-0.25, -0.2) is 9.36 Å². The molecule has 0 spiro atoms. The zero-order valence-electron chi connectivity index (χ0n) is 27.4. The Labute approximate surface area is 284 Å². The summed E-state index contributed by atoms with van der Waals surface area (Å²) in [5.74, 6) is 0.401. The van der Waals surface area contributed by atoms with E-state index in [0.717, 1.165) is 59.6 Å². The molecule has 4 heterocycles. The summed E-state index contributed by atoms with van der Waals surface area (Å²) in [4.78, 5) is 32.0. The van der Waals surface area contributed by atoms with Crippen molar-refractivity contribution >= 4 is 23.5 Å². The maximum atomic E-state index is 12.7. The molecule has 2 aliphatic carbocycles. The van der Waals surface area contributed by atoms with Gasteiger partial charge in [-0.3, -0.25) is 19.6 Å². The number of benzene rings is 2. The Balaban J connectivity index is 0.000000140. The van der Waals surface area contributed by atoms with E-state index in [9.17, 15) is 9.59 Å². The van der Waals surface area contributed by atoms with E-state index in [1.807, 2.05) is 111 Å². The Bertz CT molecular complexity index is 2010. The fraction of sp³-hybridized carbons (Fsp3) is 0.211. The highest BCUT2D eigenvalue weighted by Crippen LogP contribution is 2.49. The standard InChI is InChI=1S/C19H18N4O.C10H10O2.C9H10N4/c1-14-7-8-16(13-20-14)23-12-9-17(22-23)21-18(24)19(10-11-19)15-5-3-2-4-6-15;11-9(12)10(6-7-10)8-4-2-1-3-5-8;1-7-2-3-8(6-11-7)13-5-4-9(10)12-13/h2-9,12-13H,10-11H2,1H3,(H,21,22,24);1-5H,6-7H2,(H,11,12);2-6H,1H3,(H2,10,12). The molecule has 248 valence electrons. The maximum Gasteiger partial charge on any atom is 0.314 e. The van der Waals surface area contributed by atoms with Gasteiger partial charge >= 0.3 is 5.97 Å². The number of nitrogens with zero attached hydrogens (tertiary/aromatic N) is 6. The van der Waals surface area contributed by atoms with Gasteiger partial charge in [0.05, 0.1) is 34.6 Å². The molecule has 8 rings (SSSR count). The second kappa shape index (κ2) is 13.9. The number of anilines is 2. The lowest BCUT2D eigenvalue weighted by Gasteiger charge is -2.14. The number of carbonyl (C=O) groups excluding carboxylic acids is 1. The van der Waals surface area contributed by atoms with Crippen LogP contribution in [-0.4, -0.2) is 46.5 Å². The van der Waals surface area contributed by atoms with Crippen LogP contribution < -0.4 is 11.1 Å². The number of nitrogens with one attached hydrogen (secondary N) is 1. The second-order valence-electron chi connectivity index (χ2n) is 12.3. The summed E-state index contributed by atoms with van der Waals surface area (Å²) in [5, 5.41) is 20.4. The van der Waals surface area contributed by atoms with Crippen molar-refractivity contribution < 1.29 is 14.7 Å². The van der Waals surface area contributed by atoms with E-state index in [1.165, 1.54) is 0 Å². The van der Waals surface area contributed by atoms with Crippen molar-refractivity contribution in [1.29, 1.82) is 0 Å². The van der Waals surface area contributed by atoms with Gasteiger partial charge in [-0.05, 0) is 74.9 Å². The fourth-order valence-electron chi connectivity index (χ4n) is 5.48. The van der Waals surface area contributed by atoms with Gasteiger partial charge in [0.1, 0.15) is 5.82 Å². The normalized spacial score (nSPS) is 14.7. The molecule has 6 aromatic rings. The molecule has 1 amide bonds. The van der Waals surface area contributed by atoms with Gasteiger partial charge in [0, 0.05) is 35.9 Å². The lowest BCUT2D eigenvalue weighted by molar-refractivity contribution is -0.140. The number of hydrogen-bond donors (Lipinski definition) is 3. The Morgan fingerprint density at radius 3 is 1.59 bits per heavy atom. The molecule has 4 N–H and O–H groups in total. The van der Waals surface area contributed by atoms with Crippen LogP contribution in [-0.2, 0) is 20.4 Å². The quantitative estimate of drug-likeness (QED) is 0.184. The van der Waals surface area contributed by atoms with E-state index < -0.39 is 16.8 Å². The summed E-state index contributed by atoms with van der Waals surface area (Å²) in [6.45, 7) is 3.89. The molecule has 0 saturated heterocycles. The predicted molar refractivity (Wildman–Crippen MR) is 188 cm³/mol. The SMILES string of the molecule is Cc1ccc(-n2ccc(N)n2)cn1.Cc1ccc(-n2ccc(NC(=O)C3(c4ccccc4)CC3)n2)cn1.O=C(O)C1(c2ccccc2)CC1. The van der Waals surface area contributed by atoms with Crippen molar-refractivity contribution in [1.82, 2.24) is 29.5 Å². The number of rotatable bonds is 7. The average Bonchev–Trinajstić information content (AvgIpc) is 4.03. The molecule has 2 aromatic carbocycles. The minimum Gasteiger partial charge on any atom is -0.481 e. The highest BCUT2D eigenvalue weighted by Gasteiger charge is 2.52. The van der Waals surface area contributed by atoms with E-state index in [-0.39, 0.29) is 5.91 Å². The molecule has 2 fully saturated rings. The first kappa shape index (κ1) is 32.8. The lowest BCUT2D eigenvalue weighted by Crippen LogP contribution is -2.28. The largest absolute Gasteiger partial charge is 0.481 e. The average molecular weight is 655 g/mol. The summed E-state index contributed by atoms with van der Waals surface area (Å²) < 4.78 is 3.41. The fourth-order valence-corrected chi connectivity index (χ4v) is 5.48. The molecular weight excluding hydrogens is 616 g/mol. The van der Waals surface area contributed by atoms with E-state index in [1.54, 1.807) is 33.9 Å². The van der Waals surface area contributed by atoms with Crippen LogP contribution in [0.1, 0.15) is 48.2 Å². The number of carbonyl (C=O) groups is 2. The van der Waals surface area contributed by atoms with Crippen LogP contribution in [0.25, 0.3) is 11.4 Å². The van der Waals surface area contributed by atoms with Crippen molar-refractivity contribution in [2.24, 2.45) is 0 Å². The summed E-state index contributed by atoms with van der Waals surface area (Å²) >= 11 is 0. The number of carboxylic acid groups (broad SMARTS) is 1. The lowest BCUT2D eigenvalue weighted by atomic mass is 9.95. The molecule has 0 bridgehead atoms. The smallest absolute Gasteiger partial charge is 0.314 e. The number of hydrogen-bond acceptors (Lipinski definition) is 7. The minimum absolute atomic E-state index is 0.0148. The third kappa shape index (κ3) is 7.57. The van der Waals surface area contributed by atoms with Crippen LogP contribution in [0, 0.1) is 13.8 Å². The molecule has 2 saturated carbocycles. The molecule has 0 aliphatic heterocycles. The maximum absolute atomic E-state index is 12.7. The van der Waals surface area contributed by atoms with Crippen LogP contribution >= 0.6 is 0 Å². The van der Waals surface area contributed by atoms with E-state index >= 15 is 0 Å². The first-order valence-corrected chi connectivity index (χ1v) is 16.1. The van der Waals surface area contributed by atoms with Gasteiger partial charge in [0.25, 0.3) is 0 Å². The van der Waals surface area contributed by atoms with Crippen LogP contribution in [0.4, 0.5) is 11.6 Å². The van der Waals surface area contributed by atoms with Gasteiger partial charge in [0.15, 0.2) is 5.82 Å². The van der Waals surface area contributed by atoms with Crippen LogP contribution in [0.3, 0.4) is 0 Å². The molecule has 11 nitrogen and oxygen atoms in total. The highest BCUT2D eigenvalue weighted by molar-refractivity contribution is 6.00. The Morgan fingerprint density at radius 2 is 1.16 bits per heavy atom. The van der Waals surface area contributed by atoms with Crippen LogP contribution in [0.5, 0.6) is 0 Å². The molecule has 49 heavy (non-hydrogen) atoms. The van der Waals surface area contributed by atoms with Gasteiger partial charge in [0.2, 0.25) is 5.91 Å². The Hall–Kier alpha value is -6.10. The number of nitrogens with two attached hydrogens (primary N) is 1. The number of amides is 1. The summed E-state index contributed by atoms with van der Waals surface area (Å²) in [7, 11) is 0. The summed E-state index contributed by atoms with van der Waals surface area (Å²) in [6.07, 6.45) is 10.5. The number of carboxylic acids is 1. The first-order valence-electron chi connectivity index (χ1n) is 16.1. The second-order valence-corrected chi connectivity index (χ2v) is 12.3. The van der Waals surface area contributed by atoms with Crippen LogP contribution in [0.15, 0.2) is 122 Å². The van der Waals surface area contributed by atoms with E-state index in [0.29, 0.717) is 11.6 Å². The number of aliphatic carboxylic acids is 1. The molecule has 4 aromatic heterocycles. The molecule has 0 atom stereocenters. The van der Waals surface area contributed by atoms with E-state index in [2.05, 4.69) is 25.5 Å². The van der Waals surface area contributed by atoms with Crippen molar-refractivity contribution in [3.05, 3.63) is 144 Å². The summed E-state index contributed by atoms with van der Waals surface area (Å²) in [6, 6.07) is 30.7. The predicted octanol–water partition coefficient (Wildman–Crippen LogP) is 6.21. The number of nitrogen functional groups attached to an aromatic ring is 1. The summed E-state index contributed by atoms with van der Waals surface area (Å²) in [5.41, 5.74) is 10.3. The third-order valence-corrected chi connectivity index (χ3v) is 8.76. The number of aryl methyl sites for hydroxylation is 2. The van der Waals surface area contributed by atoms with Crippen LogP contribution in [0.2, 0.25) is 0 Å². The van der Waals surface area contributed by atoms with Crippen molar-refractivity contribution in [2.75, 3.05) is 11.1 Å². The van der Waals surface area contributed by atoms with Gasteiger partial charge in [-0.15, -0.1) is 0 Å². The topological polar surface area (TPSA) is 154 Å².